The Morgan fingerprint density at radius 2 is 1.95 bits per heavy atom. The van der Waals surface area contributed by atoms with Crippen LogP contribution < -0.4 is 5.32 Å². The number of aromatic nitrogens is 1. The number of benzene rings is 1. The third-order valence-corrected chi connectivity index (χ3v) is 3.36. The molecule has 1 N–H and O–H groups in total. The molecule has 1 aromatic carbocycles. The van der Waals surface area contributed by atoms with Crippen LogP contribution in [-0.2, 0) is 6.54 Å². The molecule has 4 nitrogen and oxygen atoms in total. The zero-order chi connectivity index (χ0) is 13.7. The molecular formula is C15H21N3O. The molecule has 0 aliphatic heterocycles. The van der Waals surface area contributed by atoms with Crippen LogP contribution in [0.15, 0.2) is 36.5 Å². The standard InChI is InChI=1S/C15H21N3O/c1-3-17(4-2)15(19)16-10-12-18-11-9-13-7-5-6-8-14(13)18/h5-9,11H,3-4,10,12H2,1-2H3,(H,16,19). The molecule has 1 aromatic heterocycles. The van der Waals surface area contributed by atoms with E-state index in [1.54, 1.807) is 4.90 Å². The molecule has 2 aromatic rings. The minimum atomic E-state index is 0.0152. The Hall–Kier alpha value is -1.97. The Kier molecular flexibility index (Phi) is 4.44. The maximum Gasteiger partial charge on any atom is 0.317 e. The molecule has 1 heterocycles. The number of nitrogens with one attached hydrogen (secondary N) is 1. The van der Waals surface area contributed by atoms with E-state index < -0.39 is 0 Å². The minimum absolute atomic E-state index is 0.0152. The number of amides is 2. The SMILES string of the molecule is CCN(CC)C(=O)NCCn1ccc2ccccc21. The van der Waals surface area contributed by atoms with E-state index in [-0.39, 0.29) is 6.03 Å². The lowest BCUT2D eigenvalue weighted by Gasteiger charge is -2.19. The molecule has 0 radical (unpaired) electrons. The van der Waals surface area contributed by atoms with E-state index in [0.717, 1.165) is 19.6 Å². The molecule has 0 fully saturated rings. The molecule has 0 bridgehead atoms. The van der Waals surface area contributed by atoms with Crippen LogP contribution in [0.3, 0.4) is 0 Å². The predicted octanol–water partition coefficient (Wildman–Crippen LogP) is 2.69. The second-order valence-corrected chi connectivity index (χ2v) is 4.47. The van der Waals surface area contributed by atoms with E-state index in [1.165, 1.54) is 10.9 Å². The molecule has 0 unspecified atom stereocenters. The largest absolute Gasteiger partial charge is 0.346 e. The first-order valence-corrected chi connectivity index (χ1v) is 6.83. The molecule has 0 spiro atoms. The van der Waals surface area contributed by atoms with Crippen molar-refractivity contribution in [2.24, 2.45) is 0 Å². The highest BCUT2D eigenvalue weighted by molar-refractivity contribution is 5.80. The van der Waals surface area contributed by atoms with Gasteiger partial charge in [-0.15, -0.1) is 0 Å². The highest BCUT2D eigenvalue weighted by Gasteiger charge is 2.07. The number of hydrogen-bond acceptors (Lipinski definition) is 1. The van der Waals surface area contributed by atoms with Gasteiger partial charge in [0.15, 0.2) is 0 Å². The Balaban J connectivity index is 1.91. The summed E-state index contributed by atoms with van der Waals surface area (Å²) in [6, 6.07) is 10.4. The third-order valence-electron chi connectivity index (χ3n) is 3.36. The van der Waals surface area contributed by atoms with E-state index in [4.69, 9.17) is 0 Å². The summed E-state index contributed by atoms with van der Waals surface area (Å²) in [5.41, 5.74) is 1.21. The fraction of sp³-hybridized carbons (Fsp3) is 0.400. The maximum atomic E-state index is 11.8. The van der Waals surface area contributed by atoms with Gasteiger partial charge in [0.2, 0.25) is 0 Å². The van der Waals surface area contributed by atoms with Crippen LogP contribution in [0.1, 0.15) is 13.8 Å². The zero-order valence-corrected chi connectivity index (χ0v) is 11.6. The molecule has 0 aliphatic carbocycles. The topological polar surface area (TPSA) is 37.3 Å². The summed E-state index contributed by atoms with van der Waals surface area (Å²) in [4.78, 5) is 13.6. The van der Waals surface area contributed by atoms with Crippen molar-refractivity contribution >= 4 is 16.9 Å². The molecule has 0 saturated heterocycles. The Labute approximate surface area is 114 Å². The van der Waals surface area contributed by atoms with Crippen molar-refractivity contribution in [3.8, 4) is 0 Å². The van der Waals surface area contributed by atoms with E-state index in [9.17, 15) is 4.79 Å². The molecular weight excluding hydrogens is 238 g/mol. The molecule has 2 amide bonds. The van der Waals surface area contributed by atoms with Gasteiger partial charge in [-0.1, -0.05) is 18.2 Å². The molecule has 0 aliphatic rings. The lowest BCUT2D eigenvalue weighted by Crippen LogP contribution is -2.40. The summed E-state index contributed by atoms with van der Waals surface area (Å²) in [6.07, 6.45) is 2.06. The van der Waals surface area contributed by atoms with Gasteiger partial charge in [0.05, 0.1) is 0 Å². The summed E-state index contributed by atoms with van der Waals surface area (Å²) in [5.74, 6) is 0. The average Bonchev–Trinajstić information content (AvgIpc) is 2.84. The molecule has 0 atom stereocenters. The molecule has 0 saturated carbocycles. The molecule has 19 heavy (non-hydrogen) atoms. The highest BCUT2D eigenvalue weighted by atomic mass is 16.2. The van der Waals surface area contributed by atoms with Crippen LogP contribution in [0, 0.1) is 0 Å². The van der Waals surface area contributed by atoms with E-state index in [0.29, 0.717) is 6.54 Å². The van der Waals surface area contributed by atoms with Crippen molar-refractivity contribution in [3.05, 3.63) is 36.5 Å². The number of carbonyl (C=O) groups excluding carboxylic acids is 1. The Morgan fingerprint density at radius 1 is 1.21 bits per heavy atom. The maximum absolute atomic E-state index is 11.8. The average molecular weight is 259 g/mol. The summed E-state index contributed by atoms with van der Waals surface area (Å²) >= 11 is 0. The van der Waals surface area contributed by atoms with E-state index >= 15 is 0 Å². The van der Waals surface area contributed by atoms with E-state index in [1.807, 2.05) is 26.0 Å². The lowest BCUT2D eigenvalue weighted by molar-refractivity contribution is 0.203. The van der Waals surface area contributed by atoms with Crippen LogP contribution in [-0.4, -0.2) is 35.1 Å². The first-order chi connectivity index (χ1) is 9.26. The van der Waals surface area contributed by atoms with Gasteiger partial charge in [-0.2, -0.15) is 0 Å². The van der Waals surface area contributed by atoms with Gasteiger partial charge in [-0.3, -0.25) is 0 Å². The van der Waals surface area contributed by atoms with E-state index in [2.05, 4.69) is 34.3 Å². The predicted molar refractivity (Wildman–Crippen MR) is 78.3 cm³/mol. The molecule has 102 valence electrons. The Bertz CT molecular complexity index is 543. The van der Waals surface area contributed by atoms with Gasteiger partial charge in [0, 0.05) is 37.9 Å². The summed E-state index contributed by atoms with van der Waals surface area (Å²) in [6.45, 7) is 6.91. The van der Waals surface area contributed by atoms with Crippen molar-refractivity contribution in [2.45, 2.75) is 20.4 Å². The lowest BCUT2D eigenvalue weighted by atomic mass is 10.2. The van der Waals surface area contributed by atoms with Crippen molar-refractivity contribution < 1.29 is 4.79 Å². The van der Waals surface area contributed by atoms with Crippen molar-refractivity contribution in [1.82, 2.24) is 14.8 Å². The fourth-order valence-electron chi connectivity index (χ4n) is 2.24. The summed E-state index contributed by atoms with van der Waals surface area (Å²) in [7, 11) is 0. The van der Waals surface area contributed by atoms with Crippen LogP contribution >= 0.6 is 0 Å². The molecule has 4 heteroatoms. The summed E-state index contributed by atoms with van der Waals surface area (Å²) in [5, 5.41) is 4.19. The van der Waals surface area contributed by atoms with Gasteiger partial charge in [0.25, 0.3) is 0 Å². The smallest absolute Gasteiger partial charge is 0.317 e. The van der Waals surface area contributed by atoms with Crippen LogP contribution in [0.25, 0.3) is 10.9 Å². The van der Waals surface area contributed by atoms with Crippen molar-refractivity contribution in [1.29, 1.82) is 0 Å². The first kappa shape index (κ1) is 13.5. The zero-order valence-electron chi connectivity index (χ0n) is 11.6. The van der Waals surface area contributed by atoms with Crippen LogP contribution in [0.5, 0.6) is 0 Å². The number of hydrogen-bond donors (Lipinski definition) is 1. The highest BCUT2D eigenvalue weighted by Crippen LogP contribution is 2.14. The quantitative estimate of drug-likeness (QED) is 0.880. The minimum Gasteiger partial charge on any atom is -0.346 e. The monoisotopic (exact) mass is 259 g/mol. The number of urea groups is 1. The van der Waals surface area contributed by atoms with Gasteiger partial charge >= 0.3 is 6.03 Å². The number of rotatable bonds is 5. The number of nitrogens with zero attached hydrogens (tertiary/aromatic N) is 2. The molecule has 2 rings (SSSR count). The number of carbonyl (C=O) groups is 1. The van der Waals surface area contributed by atoms with Gasteiger partial charge < -0.3 is 14.8 Å². The van der Waals surface area contributed by atoms with Crippen molar-refractivity contribution in [3.63, 3.8) is 0 Å². The fourth-order valence-corrected chi connectivity index (χ4v) is 2.24. The van der Waals surface area contributed by atoms with Crippen molar-refractivity contribution in [2.75, 3.05) is 19.6 Å². The summed E-state index contributed by atoms with van der Waals surface area (Å²) < 4.78 is 2.16. The first-order valence-electron chi connectivity index (χ1n) is 6.83. The van der Waals surface area contributed by atoms with Gasteiger partial charge in [-0.25, -0.2) is 4.79 Å². The number of para-hydroxylation sites is 1. The van der Waals surface area contributed by atoms with Gasteiger partial charge in [-0.05, 0) is 31.4 Å². The second-order valence-electron chi connectivity index (χ2n) is 4.47. The normalized spacial score (nSPS) is 10.6. The number of fused-ring (bicyclic) bond motifs is 1. The third kappa shape index (κ3) is 3.08. The van der Waals surface area contributed by atoms with Crippen LogP contribution in [0.4, 0.5) is 4.79 Å². The van der Waals surface area contributed by atoms with Crippen LogP contribution in [0.2, 0.25) is 0 Å². The van der Waals surface area contributed by atoms with Gasteiger partial charge in [0.1, 0.15) is 0 Å². The second kappa shape index (κ2) is 6.27. The Morgan fingerprint density at radius 3 is 2.68 bits per heavy atom.